The monoisotopic (exact) mass is 441 g/mol. The minimum atomic E-state index is -0.340. The van der Waals surface area contributed by atoms with Crippen LogP contribution in [0.3, 0.4) is 0 Å². The van der Waals surface area contributed by atoms with E-state index < -0.39 is 0 Å². The van der Waals surface area contributed by atoms with E-state index in [-0.39, 0.29) is 29.8 Å². The Hall–Kier alpha value is -2.58. The molecular formula is C23H28FN5OS. The largest absolute Gasteiger partial charge is 0.336 e. The topological polar surface area (TPSA) is 61.4 Å². The zero-order chi connectivity index (χ0) is 22.1. The van der Waals surface area contributed by atoms with Crippen molar-refractivity contribution in [3.63, 3.8) is 0 Å². The summed E-state index contributed by atoms with van der Waals surface area (Å²) in [5.41, 5.74) is 0.950. The van der Waals surface area contributed by atoms with Crippen molar-refractivity contribution >= 4 is 33.4 Å². The van der Waals surface area contributed by atoms with Crippen LogP contribution in [0.2, 0.25) is 0 Å². The number of halogens is 1. The molecule has 0 saturated carbocycles. The molecule has 4 rings (SSSR count). The van der Waals surface area contributed by atoms with Crippen LogP contribution < -0.4 is 10.2 Å². The van der Waals surface area contributed by atoms with Gasteiger partial charge in [0.05, 0.1) is 0 Å². The van der Waals surface area contributed by atoms with Crippen LogP contribution in [-0.4, -0.2) is 58.5 Å². The molecule has 6 nitrogen and oxygen atoms in total. The van der Waals surface area contributed by atoms with Gasteiger partial charge in [-0.3, -0.25) is 4.79 Å². The molecular weight excluding hydrogens is 413 g/mol. The van der Waals surface area contributed by atoms with E-state index in [1.807, 2.05) is 49.8 Å². The average Bonchev–Trinajstić information content (AvgIpc) is 3.17. The molecule has 0 spiro atoms. The second-order valence-electron chi connectivity index (χ2n) is 8.39. The van der Waals surface area contributed by atoms with Gasteiger partial charge >= 0.3 is 0 Å². The summed E-state index contributed by atoms with van der Waals surface area (Å²) >= 11 is 1.55. The van der Waals surface area contributed by atoms with E-state index in [1.165, 1.54) is 12.1 Å². The molecule has 0 radical (unpaired) electrons. The molecule has 3 aromatic rings. The fourth-order valence-corrected chi connectivity index (χ4v) is 5.16. The second kappa shape index (κ2) is 8.88. The molecule has 164 valence electrons. The van der Waals surface area contributed by atoms with Crippen molar-refractivity contribution in [3.05, 3.63) is 42.3 Å². The highest BCUT2D eigenvalue weighted by Crippen LogP contribution is 2.33. The molecule has 8 heteroatoms. The highest BCUT2D eigenvalue weighted by atomic mass is 32.1. The Bertz CT molecular complexity index is 1060. The number of carbonyl (C=O) groups excluding carboxylic acids is 1. The van der Waals surface area contributed by atoms with E-state index in [4.69, 9.17) is 4.98 Å². The first-order valence-corrected chi connectivity index (χ1v) is 11.5. The average molecular weight is 442 g/mol. The van der Waals surface area contributed by atoms with Crippen molar-refractivity contribution in [1.29, 1.82) is 0 Å². The van der Waals surface area contributed by atoms with Crippen molar-refractivity contribution < 1.29 is 9.18 Å². The van der Waals surface area contributed by atoms with E-state index >= 15 is 0 Å². The predicted octanol–water partition coefficient (Wildman–Crippen LogP) is 3.92. The molecule has 2 aromatic heterocycles. The molecule has 3 heterocycles. The summed E-state index contributed by atoms with van der Waals surface area (Å²) in [7, 11) is 0. The van der Waals surface area contributed by atoms with Gasteiger partial charge in [-0.1, -0.05) is 12.1 Å². The summed E-state index contributed by atoms with van der Waals surface area (Å²) in [6.07, 6.45) is 1.81. The number of benzene rings is 1. The van der Waals surface area contributed by atoms with Crippen molar-refractivity contribution in [1.82, 2.24) is 20.2 Å². The number of aromatic nitrogens is 2. The lowest BCUT2D eigenvalue weighted by molar-refractivity contribution is -0.136. The number of amides is 1. The van der Waals surface area contributed by atoms with E-state index in [2.05, 4.69) is 10.3 Å². The quantitative estimate of drug-likeness (QED) is 0.650. The molecule has 0 bridgehead atoms. The summed E-state index contributed by atoms with van der Waals surface area (Å²) in [6.45, 7) is 10.2. The summed E-state index contributed by atoms with van der Waals surface area (Å²) in [5, 5.41) is 4.28. The second-order valence-corrected chi connectivity index (χ2v) is 9.43. The van der Waals surface area contributed by atoms with Crippen LogP contribution in [0.15, 0.2) is 36.5 Å². The summed E-state index contributed by atoms with van der Waals surface area (Å²) in [5.74, 6) is 0.421. The van der Waals surface area contributed by atoms with Crippen LogP contribution in [0.5, 0.6) is 0 Å². The normalized spacial score (nSPS) is 17.0. The third kappa shape index (κ3) is 4.41. The van der Waals surface area contributed by atoms with Crippen LogP contribution in [0.1, 0.15) is 27.7 Å². The first-order chi connectivity index (χ1) is 14.8. The molecule has 1 aromatic carbocycles. The zero-order valence-corrected chi connectivity index (χ0v) is 19.1. The maximum atomic E-state index is 13.4. The number of piperazine rings is 1. The molecule has 1 unspecified atom stereocenters. The van der Waals surface area contributed by atoms with Crippen LogP contribution >= 0.6 is 11.3 Å². The Morgan fingerprint density at radius 2 is 1.94 bits per heavy atom. The maximum Gasteiger partial charge on any atom is 0.247 e. The third-order valence-corrected chi connectivity index (χ3v) is 6.64. The first kappa shape index (κ1) is 21.6. The van der Waals surface area contributed by atoms with Gasteiger partial charge < -0.3 is 15.1 Å². The molecule has 1 aliphatic heterocycles. The minimum absolute atomic E-state index is 0.0964. The molecule has 1 atom stereocenters. The highest BCUT2D eigenvalue weighted by Gasteiger charge is 2.35. The van der Waals surface area contributed by atoms with Crippen LogP contribution in [0.25, 0.3) is 20.7 Å². The first-order valence-electron chi connectivity index (χ1n) is 10.7. The lowest BCUT2D eigenvalue weighted by atomic mass is 10.1. The Balaban J connectivity index is 1.65. The molecule has 31 heavy (non-hydrogen) atoms. The number of hydrogen-bond acceptors (Lipinski definition) is 6. The van der Waals surface area contributed by atoms with Gasteiger partial charge in [0.1, 0.15) is 16.7 Å². The molecule has 1 N–H and O–H groups in total. The van der Waals surface area contributed by atoms with Gasteiger partial charge in [-0.25, -0.2) is 14.4 Å². The molecule has 1 aliphatic rings. The van der Waals surface area contributed by atoms with Gasteiger partial charge in [0.25, 0.3) is 0 Å². The van der Waals surface area contributed by atoms with Gasteiger partial charge in [0.15, 0.2) is 0 Å². The molecule has 1 saturated heterocycles. The van der Waals surface area contributed by atoms with E-state index in [0.717, 1.165) is 27.2 Å². The number of carbonyl (C=O) groups is 1. The van der Waals surface area contributed by atoms with Crippen molar-refractivity contribution in [2.24, 2.45) is 0 Å². The number of nitrogens with one attached hydrogen (secondary N) is 1. The number of thiophene rings is 1. The van der Waals surface area contributed by atoms with Crippen LogP contribution in [0, 0.1) is 5.82 Å². The summed E-state index contributed by atoms with van der Waals surface area (Å²) in [4.78, 5) is 28.6. The van der Waals surface area contributed by atoms with E-state index in [1.54, 1.807) is 23.5 Å². The molecule has 0 aliphatic carbocycles. The fraction of sp³-hybridized carbons (Fsp3) is 0.435. The molecule has 1 fully saturated rings. The smallest absolute Gasteiger partial charge is 0.247 e. The lowest BCUT2D eigenvalue weighted by Gasteiger charge is -2.40. The number of anilines is 1. The van der Waals surface area contributed by atoms with Gasteiger partial charge in [0, 0.05) is 48.2 Å². The SMILES string of the molecule is CC(C)N(C(=O)C1CNCCN1c1ncc2cc(-c3ccc(F)cc3)sc2n1)C(C)C. The molecule has 1 amide bonds. The summed E-state index contributed by atoms with van der Waals surface area (Å²) in [6, 6.07) is 8.39. The number of nitrogens with zero attached hydrogens (tertiary/aromatic N) is 4. The standard InChI is InChI=1S/C23H28FN5OS/c1-14(2)29(15(3)4)22(30)19-13-25-9-10-28(19)23-26-12-17-11-20(31-21(17)27-23)16-5-7-18(24)8-6-16/h5-8,11-12,14-15,19,25H,9-10,13H2,1-4H3. The Kier molecular flexibility index (Phi) is 6.20. The Morgan fingerprint density at radius 1 is 1.23 bits per heavy atom. The van der Waals surface area contributed by atoms with E-state index in [9.17, 15) is 9.18 Å². The number of rotatable bonds is 5. The zero-order valence-electron chi connectivity index (χ0n) is 18.3. The third-order valence-electron chi connectivity index (χ3n) is 5.54. The van der Waals surface area contributed by atoms with Crippen molar-refractivity contribution in [2.75, 3.05) is 24.5 Å². The van der Waals surface area contributed by atoms with Gasteiger partial charge in [-0.15, -0.1) is 11.3 Å². The van der Waals surface area contributed by atoms with Crippen LogP contribution in [-0.2, 0) is 4.79 Å². The number of hydrogen-bond donors (Lipinski definition) is 1. The van der Waals surface area contributed by atoms with Gasteiger partial charge in [0.2, 0.25) is 11.9 Å². The van der Waals surface area contributed by atoms with Gasteiger partial charge in [-0.2, -0.15) is 0 Å². The predicted molar refractivity (Wildman–Crippen MR) is 124 cm³/mol. The van der Waals surface area contributed by atoms with E-state index in [0.29, 0.717) is 19.0 Å². The van der Waals surface area contributed by atoms with Crippen LogP contribution in [0.4, 0.5) is 10.3 Å². The Morgan fingerprint density at radius 3 is 2.61 bits per heavy atom. The van der Waals surface area contributed by atoms with Crippen molar-refractivity contribution in [2.45, 2.75) is 45.8 Å². The number of fused-ring (bicyclic) bond motifs is 1. The van der Waals surface area contributed by atoms with Gasteiger partial charge in [-0.05, 0) is 51.5 Å². The fourth-order valence-electron chi connectivity index (χ4n) is 4.16. The highest BCUT2D eigenvalue weighted by molar-refractivity contribution is 7.21. The lowest BCUT2D eigenvalue weighted by Crippen LogP contribution is -2.61. The minimum Gasteiger partial charge on any atom is -0.336 e. The maximum absolute atomic E-state index is 13.4. The Labute approximate surface area is 186 Å². The summed E-state index contributed by atoms with van der Waals surface area (Å²) < 4.78 is 13.3. The van der Waals surface area contributed by atoms with Crippen molar-refractivity contribution in [3.8, 4) is 10.4 Å².